The monoisotopic (exact) mass is 228 g/mol. The second kappa shape index (κ2) is 4.53. The van der Waals surface area contributed by atoms with Crippen LogP contribution in [0.3, 0.4) is 0 Å². The van der Waals surface area contributed by atoms with E-state index in [0.29, 0.717) is 0 Å². The third-order valence-electron chi connectivity index (χ3n) is 3.88. The predicted octanol–water partition coefficient (Wildman–Crippen LogP) is 3.54. The van der Waals surface area contributed by atoms with Crippen LogP contribution in [-0.4, -0.2) is 12.0 Å². The van der Waals surface area contributed by atoms with Crippen LogP contribution < -0.4 is 5.32 Å². The van der Waals surface area contributed by atoms with E-state index in [1.165, 1.54) is 47.8 Å². The highest BCUT2D eigenvalue weighted by Crippen LogP contribution is 2.35. The summed E-state index contributed by atoms with van der Waals surface area (Å²) in [5, 5.41) is 4.56. The number of aromatic nitrogens is 1. The summed E-state index contributed by atoms with van der Waals surface area (Å²) in [7, 11) is 1.99. The number of hydrogen-bond donors (Lipinski definition) is 2. The van der Waals surface area contributed by atoms with Gasteiger partial charge in [-0.2, -0.15) is 0 Å². The molecule has 0 spiro atoms. The van der Waals surface area contributed by atoms with E-state index in [9.17, 15) is 0 Å². The molecule has 1 saturated carbocycles. The first-order chi connectivity index (χ1) is 8.36. The van der Waals surface area contributed by atoms with Crippen LogP contribution in [0.5, 0.6) is 0 Å². The fourth-order valence-electron chi connectivity index (χ4n) is 2.98. The lowest BCUT2D eigenvalue weighted by molar-refractivity contribution is 0.705. The summed E-state index contributed by atoms with van der Waals surface area (Å²) in [5.41, 5.74) is 4.09. The Hall–Kier alpha value is -1.28. The maximum absolute atomic E-state index is 3.59. The minimum Gasteiger partial charge on any atom is -0.358 e. The molecule has 2 N–H and O–H groups in total. The lowest BCUT2D eigenvalue weighted by Gasteiger charge is -2.04. The second-order valence-electron chi connectivity index (χ2n) is 5.16. The van der Waals surface area contributed by atoms with Crippen LogP contribution in [0.15, 0.2) is 24.3 Å². The van der Waals surface area contributed by atoms with Crippen molar-refractivity contribution in [1.82, 2.24) is 10.3 Å². The molecular weight excluding hydrogens is 208 g/mol. The van der Waals surface area contributed by atoms with E-state index in [1.807, 2.05) is 7.05 Å². The number of aromatic amines is 1. The first-order valence-corrected chi connectivity index (χ1v) is 6.63. The van der Waals surface area contributed by atoms with Gasteiger partial charge in [-0.1, -0.05) is 18.9 Å². The van der Waals surface area contributed by atoms with Gasteiger partial charge in [-0.05, 0) is 55.0 Å². The molecule has 0 radical (unpaired) electrons. The molecule has 1 aliphatic carbocycles. The summed E-state index contributed by atoms with van der Waals surface area (Å²) in [6.45, 7) is 0.944. The first-order valence-electron chi connectivity index (χ1n) is 6.63. The van der Waals surface area contributed by atoms with Crippen molar-refractivity contribution in [3.05, 3.63) is 35.5 Å². The number of fused-ring (bicyclic) bond motifs is 1. The van der Waals surface area contributed by atoms with Gasteiger partial charge in [-0.15, -0.1) is 0 Å². The summed E-state index contributed by atoms with van der Waals surface area (Å²) < 4.78 is 0. The van der Waals surface area contributed by atoms with E-state index < -0.39 is 0 Å². The average molecular weight is 228 g/mol. The summed E-state index contributed by atoms with van der Waals surface area (Å²) in [5.74, 6) is 0.773. The Balaban J connectivity index is 1.94. The number of nitrogens with one attached hydrogen (secondary N) is 2. The molecule has 2 aromatic rings. The Morgan fingerprint density at radius 1 is 1.24 bits per heavy atom. The summed E-state index contributed by atoms with van der Waals surface area (Å²) >= 11 is 0. The molecule has 0 saturated heterocycles. The maximum atomic E-state index is 3.59. The van der Waals surface area contributed by atoms with Gasteiger partial charge in [0.05, 0.1) is 0 Å². The molecule has 0 aliphatic heterocycles. The standard InChI is InChI=1S/C15H20N2/c1-16-10-11-6-7-14-13(8-11)9-15(17-14)12-4-2-3-5-12/h6-9,12,16-17H,2-5,10H2,1H3. The Morgan fingerprint density at radius 3 is 2.82 bits per heavy atom. The SMILES string of the molecule is CNCc1ccc2[nH]c(C3CCCC3)cc2c1. The summed E-state index contributed by atoms with van der Waals surface area (Å²) in [4.78, 5) is 3.59. The van der Waals surface area contributed by atoms with E-state index in [0.717, 1.165) is 12.5 Å². The van der Waals surface area contributed by atoms with E-state index in [-0.39, 0.29) is 0 Å². The smallest absolute Gasteiger partial charge is 0.0456 e. The van der Waals surface area contributed by atoms with Crippen molar-refractivity contribution >= 4 is 10.9 Å². The Kier molecular flexibility index (Phi) is 2.89. The Labute approximate surface area is 102 Å². The highest BCUT2D eigenvalue weighted by molar-refractivity contribution is 5.81. The fourth-order valence-corrected chi connectivity index (χ4v) is 2.98. The van der Waals surface area contributed by atoms with Gasteiger partial charge in [0.1, 0.15) is 0 Å². The third-order valence-corrected chi connectivity index (χ3v) is 3.88. The van der Waals surface area contributed by atoms with Gasteiger partial charge < -0.3 is 10.3 Å². The molecule has 3 rings (SSSR count). The van der Waals surface area contributed by atoms with Crippen LogP contribution in [0.4, 0.5) is 0 Å². The zero-order valence-electron chi connectivity index (χ0n) is 10.4. The average Bonchev–Trinajstić information content (AvgIpc) is 2.97. The lowest BCUT2D eigenvalue weighted by atomic mass is 10.0. The van der Waals surface area contributed by atoms with Crippen molar-refractivity contribution in [3.8, 4) is 0 Å². The van der Waals surface area contributed by atoms with Gasteiger partial charge in [0.2, 0.25) is 0 Å². The van der Waals surface area contributed by atoms with Crippen LogP contribution in [0.1, 0.15) is 42.9 Å². The van der Waals surface area contributed by atoms with Crippen LogP contribution in [0, 0.1) is 0 Å². The van der Waals surface area contributed by atoms with Gasteiger partial charge in [0, 0.05) is 17.8 Å². The molecule has 0 unspecified atom stereocenters. The highest BCUT2D eigenvalue weighted by Gasteiger charge is 2.18. The van der Waals surface area contributed by atoms with Crippen molar-refractivity contribution in [2.24, 2.45) is 0 Å². The largest absolute Gasteiger partial charge is 0.358 e. The van der Waals surface area contributed by atoms with Crippen LogP contribution in [-0.2, 0) is 6.54 Å². The maximum Gasteiger partial charge on any atom is 0.0456 e. The normalized spacial score (nSPS) is 17.0. The zero-order chi connectivity index (χ0) is 11.7. The molecule has 0 amide bonds. The van der Waals surface area contributed by atoms with Gasteiger partial charge in [-0.3, -0.25) is 0 Å². The van der Waals surface area contributed by atoms with Crippen molar-refractivity contribution < 1.29 is 0 Å². The molecule has 0 atom stereocenters. The van der Waals surface area contributed by atoms with Crippen molar-refractivity contribution in [2.75, 3.05) is 7.05 Å². The van der Waals surface area contributed by atoms with Crippen LogP contribution in [0.25, 0.3) is 10.9 Å². The number of rotatable bonds is 3. The van der Waals surface area contributed by atoms with E-state index >= 15 is 0 Å². The lowest BCUT2D eigenvalue weighted by Crippen LogP contribution is -2.04. The molecule has 1 aromatic heterocycles. The van der Waals surface area contributed by atoms with E-state index in [4.69, 9.17) is 0 Å². The zero-order valence-corrected chi connectivity index (χ0v) is 10.4. The molecule has 1 aliphatic rings. The topological polar surface area (TPSA) is 27.8 Å². The molecule has 2 nitrogen and oxygen atoms in total. The fraction of sp³-hybridized carbons (Fsp3) is 0.467. The molecule has 90 valence electrons. The molecule has 1 heterocycles. The Morgan fingerprint density at radius 2 is 2.06 bits per heavy atom. The van der Waals surface area contributed by atoms with Crippen LogP contribution in [0.2, 0.25) is 0 Å². The molecule has 17 heavy (non-hydrogen) atoms. The summed E-state index contributed by atoms with van der Waals surface area (Å²) in [6.07, 6.45) is 5.50. The Bertz CT molecular complexity index is 507. The highest BCUT2D eigenvalue weighted by atomic mass is 14.8. The number of H-pyrrole nitrogens is 1. The van der Waals surface area contributed by atoms with E-state index in [1.54, 1.807) is 0 Å². The predicted molar refractivity (Wildman–Crippen MR) is 72.3 cm³/mol. The quantitative estimate of drug-likeness (QED) is 0.826. The van der Waals surface area contributed by atoms with Gasteiger partial charge in [0.15, 0.2) is 0 Å². The minimum absolute atomic E-state index is 0.773. The van der Waals surface area contributed by atoms with Gasteiger partial charge in [0.25, 0.3) is 0 Å². The van der Waals surface area contributed by atoms with E-state index in [2.05, 4.69) is 34.6 Å². The van der Waals surface area contributed by atoms with Gasteiger partial charge in [-0.25, -0.2) is 0 Å². The van der Waals surface area contributed by atoms with Crippen molar-refractivity contribution in [2.45, 2.75) is 38.1 Å². The summed E-state index contributed by atoms with van der Waals surface area (Å²) in [6, 6.07) is 9.06. The molecule has 0 bridgehead atoms. The van der Waals surface area contributed by atoms with Crippen molar-refractivity contribution in [1.29, 1.82) is 0 Å². The molecule has 1 fully saturated rings. The molecular formula is C15H20N2. The minimum atomic E-state index is 0.773. The van der Waals surface area contributed by atoms with Gasteiger partial charge >= 0.3 is 0 Å². The van der Waals surface area contributed by atoms with Crippen LogP contribution >= 0.6 is 0 Å². The number of benzene rings is 1. The molecule has 1 aromatic carbocycles. The second-order valence-corrected chi connectivity index (χ2v) is 5.16. The molecule has 2 heteroatoms. The number of hydrogen-bond acceptors (Lipinski definition) is 1. The van der Waals surface area contributed by atoms with Crippen molar-refractivity contribution in [3.63, 3.8) is 0 Å². The third kappa shape index (κ3) is 2.09. The first kappa shape index (κ1) is 10.8.